The van der Waals surface area contributed by atoms with E-state index in [2.05, 4.69) is 4.98 Å². The number of hydrogen-bond donors (Lipinski definition) is 1. The Hall–Kier alpha value is -3.21. The Morgan fingerprint density at radius 1 is 1.00 bits per heavy atom. The second kappa shape index (κ2) is 7.57. The van der Waals surface area contributed by atoms with Crippen LogP contribution in [0.1, 0.15) is 34.7 Å². The first-order valence-corrected chi connectivity index (χ1v) is 8.02. The molecule has 1 unspecified atom stereocenters. The Bertz CT molecular complexity index is 840. The number of nitrogens with zero attached hydrogens (tertiary/aromatic N) is 2. The molecular formula is C20H18N2O3. The van der Waals surface area contributed by atoms with Gasteiger partial charge in [-0.05, 0) is 29.8 Å². The van der Waals surface area contributed by atoms with Crippen molar-refractivity contribution in [3.8, 4) is 5.69 Å². The van der Waals surface area contributed by atoms with E-state index in [0.29, 0.717) is 5.56 Å². The molecule has 0 aliphatic carbocycles. The highest BCUT2D eigenvalue weighted by atomic mass is 16.4. The SMILES string of the molecule is O=C(O)CC(CC(=O)c1ccc(-n2ccnc2)cc1)c1ccccc1. The summed E-state index contributed by atoms with van der Waals surface area (Å²) < 4.78 is 1.85. The predicted octanol–water partition coefficient (Wildman–Crippen LogP) is 3.70. The van der Waals surface area contributed by atoms with Gasteiger partial charge in [0.2, 0.25) is 0 Å². The minimum atomic E-state index is -0.905. The zero-order chi connectivity index (χ0) is 17.6. The summed E-state index contributed by atoms with van der Waals surface area (Å²) in [5.41, 5.74) is 2.36. The highest BCUT2D eigenvalue weighted by Crippen LogP contribution is 2.25. The van der Waals surface area contributed by atoms with E-state index in [4.69, 9.17) is 5.11 Å². The summed E-state index contributed by atoms with van der Waals surface area (Å²) in [6.45, 7) is 0. The van der Waals surface area contributed by atoms with Crippen LogP contribution in [0.4, 0.5) is 0 Å². The molecule has 1 heterocycles. The smallest absolute Gasteiger partial charge is 0.303 e. The molecular weight excluding hydrogens is 316 g/mol. The Morgan fingerprint density at radius 3 is 2.32 bits per heavy atom. The molecule has 0 aliphatic heterocycles. The van der Waals surface area contributed by atoms with Crippen LogP contribution in [0.15, 0.2) is 73.3 Å². The van der Waals surface area contributed by atoms with E-state index < -0.39 is 5.97 Å². The molecule has 0 saturated heterocycles. The van der Waals surface area contributed by atoms with E-state index >= 15 is 0 Å². The van der Waals surface area contributed by atoms with Gasteiger partial charge in [0.15, 0.2) is 5.78 Å². The Morgan fingerprint density at radius 2 is 1.72 bits per heavy atom. The standard InChI is InChI=1S/C20H18N2O3/c23-19(12-17(13-20(24)25)15-4-2-1-3-5-15)16-6-8-18(9-7-16)22-11-10-21-14-22/h1-11,14,17H,12-13H2,(H,24,25). The second-order valence-corrected chi connectivity index (χ2v) is 5.85. The summed E-state index contributed by atoms with van der Waals surface area (Å²) in [7, 11) is 0. The molecule has 25 heavy (non-hydrogen) atoms. The molecule has 0 fully saturated rings. The van der Waals surface area contributed by atoms with Gasteiger partial charge in [0.25, 0.3) is 0 Å². The normalized spacial score (nSPS) is 11.8. The molecule has 126 valence electrons. The minimum absolute atomic E-state index is 0.0627. The molecule has 0 saturated carbocycles. The first-order valence-electron chi connectivity index (χ1n) is 8.02. The van der Waals surface area contributed by atoms with Gasteiger partial charge in [-0.3, -0.25) is 9.59 Å². The zero-order valence-corrected chi connectivity index (χ0v) is 13.6. The van der Waals surface area contributed by atoms with Crippen LogP contribution in [0.3, 0.4) is 0 Å². The molecule has 0 bridgehead atoms. The number of imidazole rings is 1. The molecule has 1 N–H and O–H groups in total. The van der Waals surface area contributed by atoms with Gasteiger partial charge >= 0.3 is 5.97 Å². The number of carbonyl (C=O) groups is 2. The van der Waals surface area contributed by atoms with Crippen molar-refractivity contribution in [1.82, 2.24) is 9.55 Å². The lowest BCUT2D eigenvalue weighted by Gasteiger charge is -2.15. The number of rotatable bonds is 7. The van der Waals surface area contributed by atoms with E-state index in [9.17, 15) is 9.59 Å². The first kappa shape index (κ1) is 16.6. The number of aromatic nitrogens is 2. The molecule has 3 rings (SSSR count). The van der Waals surface area contributed by atoms with Crippen LogP contribution < -0.4 is 0 Å². The van der Waals surface area contributed by atoms with Gasteiger partial charge in [-0.15, -0.1) is 0 Å². The van der Waals surface area contributed by atoms with Gasteiger partial charge in [-0.25, -0.2) is 4.98 Å². The highest BCUT2D eigenvalue weighted by Gasteiger charge is 2.20. The van der Waals surface area contributed by atoms with Gasteiger partial charge in [0.05, 0.1) is 12.7 Å². The molecule has 0 amide bonds. The highest BCUT2D eigenvalue weighted by molar-refractivity contribution is 5.97. The van der Waals surface area contributed by atoms with E-state index in [-0.39, 0.29) is 24.5 Å². The number of Topliss-reactive ketones (excluding diaryl/α,β-unsaturated/α-hetero) is 1. The molecule has 5 heteroatoms. The van der Waals surface area contributed by atoms with Crippen molar-refractivity contribution < 1.29 is 14.7 Å². The maximum Gasteiger partial charge on any atom is 0.303 e. The molecule has 1 aromatic heterocycles. The van der Waals surface area contributed by atoms with Crippen LogP contribution in [-0.4, -0.2) is 26.4 Å². The molecule has 3 aromatic rings. The molecule has 2 aromatic carbocycles. The van der Waals surface area contributed by atoms with Gasteiger partial charge < -0.3 is 9.67 Å². The summed E-state index contributed by atoms with van der Waals surface area (Å²) in [4.78, 5) is 27.7. The largest absolute Gasteiger partial charge is 0.481 e. The Kier molecular flexibility index (Phi) is 5.04. The summed E-state index contributed by atoms with van der Waals surface area (Å²) in [6, 6.07) is 16.5. The van der Waals surface area contributed by atoms with E-state index in [1.807, 2.05) is 53.2 Å². The fraction of sp³-hybridized carbons (Fsp3) is 0.150. The third kappa shape index (κ3) is 4.20. The van der Waals surface area contributed by atoms with Crippen molar-refractivity contribution in [2.45, 2.75) is 18.8 Å². The number of aliphatic carboxylic acids is 1. The van der Waals surface area contributed by atoms with E-state index in [1.54, 1.807) is 24.7 Å². The van der Waals surface area contributed by atoms with Crippen LogP contribution in [-0.2, 0) is 4.79 Å². The van der Waals surface area contributed by atoms with Crippen LogP contribution >= 0.6 is 0 Å². The van der Waals surface area contributed by atoms with Crippen LogP contribution in [0.5, 0.6) is 0 Å². The average molecular weight is 334 g/mol. The number of carboxylic acid groups (broad SMARTS) is 1. The topological polar surface area (TPSA) is 72.2 Å². The summed E-state index contributed by atoms with van der Waals surface area (Å²) in [6.07, 6.45) is 5.31. The monoisotopic (exact) mass is 334 g/mol. The van der Waals surface area contributed by atoms with Crippen molar-refractivity contribution in [3.05, 3.63) is 84.4 Å². The predicted molar refractivity (Wildman–Crippen MR) is 93.9 cm³/mol. The fourth-order valence-electron chi connectivity index (χ4n) is 2.82. The second-order valence-electron chi connectivity index (χ2n) is 5.85. The van der Waals surface area contributed by atoms with Crippen LogP contribution in [0.25, 0.3) is 5.69 Å². The Labute approximate surface area is 145 Å². The average Bonchev–Trinajstić information content (AvgIpc) is 3.16. The van der Waals surface area contributed by atoms with E-state index in [0.717, 1.165) is 11.3 Å². The van der Waals surface area contributed by atoms with Gasteiger partial charge in [0, 0.05) is 36.0 Å². The van der Waals surface area contributed by atoms with Gasteiger partial charge in [-0.1, -0.05) is 30.3 Å². The number of hydrogen-bond acceptors (Lipinski definition) is 3. The van der Waals surface area contributed by atoms with Crippen molar-refractivity contribution in [2.24, 2.45) is 0 Å². The summed E-state index contributed by atoms with van der Waals surface area (Å²) in [5.74, 6) is -1.30. The van der Waals surface area contributed by atoms with Crippen molar-refractivity contribution in [3.63, 3.8) is 0 Å². The lowest BCUT2D eigenvalue weighted by molar-refractivity contribution is -0.137. The lowest BCUT2D eigenvalue weighted by atomic mass is 9.89. The van der Waals surface area contributed by atoms with Crippen LogP contribution in [0.2, 0.25) is 0 Å². The summed E-state index contributed by atoms with van der Waals surface area (Å²) >= 11 is 0. The number of ketones is 1. The third-order valence-electron chi connectivity index (χ3n) is 4.12. The molecule has 0 aliphatic rings. The Balaban J connectivity index is 1.76. The first-order chi connectivity index (χ1) is 12.1. The molecule has 5 nitrogen and oxygen atoms in total. The minimum Gasteiger partial charge on any atom is -0.481 e. The van der Waals surface area contributed by atoms with Crippen LogP contribution in [0, 0.1) is 0 Å². The number of carboxylic acids is 1. The van der Waals surface area contributed by atoms with Crippen molar-refractivity contribution in [1.29, 1.82) is 0 Å². The molecule has 0 radical (unpaired) electrons. The molecule has 1 atom stereocenters. The lowest BCUT2D eigenvalue weighted by Crippen LogP contribution is -2.12. The quantitative estimate of drug-likeness (QED) is 0.669. The van der Waals surface area contributed by atoms with Gasteiger partial charge in [0.1, 0.15) is 0 Å². The van der Waals surface area contributed by atoms with Crippen molar-refractivity contribution in [2.75, 3.05) is 0 Å². The van der Waals surface area contributed by atoms with Crippen molar-refractivity contribution >= 4 is 11.8 Å². The number of carbonyl (C=O) groups excluding carboxylic acids is 1. The zero-order valence-electron chi connectivity index (χ0n) is 13.6. The molecule has 0 spiro atoms. The maximum atomic E-state index is 12.6. The van der Waals surface area contributed by atoms with Gasteiger partial charge in [-0.2, -0.15) is 0 Å². The fourth-order valence-corrected chi connectivity index (χ4v) is 2.82. The maximum absolute atomic E-state index is 12.6. The van der Waals surface area contributed by atoms with E-state index in [1.165, 1.54) is 0 Å². The third-order valence-corrected chi connectivity index (χ3v) is 4.12. The summed E-state index contributed by atoms with van der Waals surface area (Å²) in [5, 5.41) is 9.15. The number of benzene rings is 2.